The molecule has 2 aliphatic rings. The van der Waals surface area contributed by atoms with E-state index in [1.165, 1.54) is 0 Å². The molecule has 3 heterocycles. The van der Waals surface area contributed by atoms with Gasteiger partial charge in [-0.15, -0.1) is 0 Å². The van der Waals surface area contributed by atoms with Gasteiger partial charge in [0, 0.05) is 26.9 Å². The Labute approximate surface area is 179 Å². The van der Waals surface area contributed by atoms with Crippen LogP contribution in [0.5, 0.6) is 0 Å². The van der Waals surface area contributed by atoms with E-state index in [4.69, 9.17) is 4.98 Å². The van der Waals surface area contributed by atoms with Gasteiger partial charge >= 0.3 is 6.03 Å². The van der Waals surface area contributed by atoms with Crippen molar-refractivity contribution < 1.29 is 9.59 Å². The lowest BCUT2D eigenvalue weighted by Crippen LogP contribution is -2.22. The molecular formula is C19H16IN7O2. The molecule has 0 atom stereocenters. The first-order valence-electron chi connectivity index (χ1n) is 9.07. The molecular weight excluding hydrogens is 485 g/mol. The fourth-order valence-corrected chi connectivity index (χ4v) is 3.58. The number of hydrogen-bond acceptors (Lipinski definition) is 6. The third-order valence-electron chi connectivity index (χ3n) is 4.55. The standard InChI is InChI=1S/C19H16IN7O2/c20-11-2-1-3-13(7-11)22-15-8-16(23-12-4-5-12)27-17(25-15)10(9-21-27)6-14-18(28)26-19(29)24-14/h1-3,6-9,12,23H,4-5H2,(H,22,25)(H2,24,26,28,29)/b14-6-. The number of nitrogens with one attached hydrogen (secondary N) is 4. The topological polar surface area (TPSA) is 112 Å². The van der Waals surface area contributed by atoms with Crippen molar-refractivity contribution in [3.8, 4) is 0 Å². The van der Waals surface area contributed by atoms with Crippen LogP contribution in [0.25, 0.3) is 11.7 Å². The summed E-state index contributed by atoms with van der Waals surface area (Å²) >= 11 is 2.26. The summed E-state index contributed by atoms with van der Waals surface area (Å²) in [6.45, 7) is 0. The second kappa shape index (κ2) is 7.03. The quantitative estimate of drug-likeness (QED) is 0.243. The normalized spacial score (nSPS) is 17.5. The summed E-state index contributed by atoms with van der Waals surface area (Å²) < 4.78 is 2.82. The maximum absolute atomic E-state index is 11.9. The van der Waals surface area contributed by atoms with Crippen LogP contribution in [-0.4, -0.2) is 32.6 Å². The molecule has 0 spiro atoms. The third-order valence-corrected chi connectivity index (χ3v) is 5.22. The Morgan fingerprint density at radius 1 is 1.21 bits per heavy atom. The average Bonchev–Trinajstić information content (AvgIpc) is 3.31. The molecule has 9 nitrogen and oxygen atoms in total. The summed E-state index contributed by atoms with van der Waals surface area (Å²) in [4.78, 5) is 27.9. The highest BCUT2D eigenvalue weighted by atomic mass is 127. The molecule has 1 aromatic carbocycles. The molecule has 2 fully saturated rings. The monoisotopic (exact) mass is 501 g/mol. The van der Waals surface area contributed by atoms with E-state index < -0.39 is 11.9 Å². The van der Waals surface area contributed by atoms with Crippen LogP contribution in [0.1, 0.15) is 18.4 Å². The van der Waals surface area contributed by atoms with Crippen molar-refractivity contribution in [1.29, 1.82) is 0 Å². The lowest BCUT2D eigenvalue weighted by molar-refractivity contribution is -0.115. The molecule has 3 aromatic rings. The number of imide groups is 1. The molecule has 0 unspecified atom stereocenters. The number of aromatic nitrogens is 3. The number of benzene rings is 1. The van der Waals surface area contributed by atoms with Crippen LogP contribution in [0.4, 0.5) is 22.1 Å². The lowest BCUT2D eigenvalue weighted by Gasteiger charge is -2.12. The van der Waals surface area contributed by atoms with Crippen LogP contribution >= 0.6 is 22.6 Å². The van der Waals surface area contributed by atoms with E-state index in [9.17, 15) is 9.59 Å². The summed E-state index contributed by atoms with van der Waals surface area (Å²) in [5.41, 5.74) is 2.29. The second-order valence-corrected chi connectivity index (χ2v) is 8.13. The number of carbonyl (C=O) groups is 2. The first-order chi connectivity index (χ1) is 14.0. The average molecular weight is 501 g/mol. The zero-order valence-corrected chi connectivity index (χ0v) is 17.2. The smallest absolute Gasteiger partial charge is 0.326 e. The Hall–Kier alpha value is -3.15. The minimum Gasteiger partial charge on any atom is -0.367 e. The third kappa shape index (κ3) is 3.75. The van der Waals surface area contributed by atoms with E-state index in [0.717, 1.165) is 27.9 Å². The number of amides is 3. The van der Waals surface area contributed by atoms with Crippen LogP contribution < -0.4 is 21.3 Å². The van der Waals surface area contributed by atoms with Gasteiger partial charge in [0.25, 0.3) is 5.91 Å². The maximum atomic E-state index is 11.9. The van der Waals surface area contributed by atoms with E-state index in [2.05, 4.69) is 49.0 Å². The summed E-state index contributed by atoms with van der Waals surface area (Å²) in [6.07, 6.45) is 5.44. The van der Waals surface area contributed by atoms with Crippen molar-refractivity contribution in [3.05, 3.63) is 51.4 Å². The van der Waals surface area contributed by atoms with Crippen LogP contribution in [-0.2, 0) is 4.79 Å². The molecule has 2 aromatic heterocycles. The molecule has 1 saturated heterocycles. The first kappa shape index (κ1) is 17.9. The maximum Gasteiger partial charge on any atom is 0.326 e. The Kier molecular flexibility index (Phi) is 4.34. The van der Waals surface area contributed by atoms with Crippen molar-refractivity contribution in [2.75, 3.05) is 10.6 Å². The van der Waals surface area contributed by atoms with Gasteiger partial charge in [-0.3, -0.25) is 10.1 Å². The highest BCUT2D eigenvalue weighted by molar-refractivity contribution is 14.1. The van der Waals surface area contributed by atoms with E-state index in [0.29, 0.717) is 23.1 Å². The molecule has 29 heavy (non-hydrogen) atoms. The molecule has 0 bridgehead atoms. The van der Waals surface area contributed by atoms with E-state index in [1.807, 2.05) is 30.3 Å². The summed E-state index contributed by atoms with van der Waals surface area (Å²) in [5, 5.41) is 15.9. The molecule has 3 amide bonds. The van der Waals surface area contributed by atoms with Crippen LogP contribution in [0.2, 0.25) is 0 Å². The zero-order valence-electron chi connectivity index (χ0n) is 15.1. The fourth-order valence-electron chi connectivity index (χ4n) is 3.04. The minimum atomic E-state index is -0.539. The SMILES string of the molecule is O=C1NC(=O)/C(=C/c2cnn3c(NC4CC4)cc(Nc4cccc(I)c4)nc23)N1. The Balaban J connectivity index is 1.57. The summed E-state index contributed by atoms with van der Waals surface area (Å²) in [6, 6.07) is 9.80. The van der Waals surface area contributed by atoms with E-state index >= 15 is 0 Å². The van der Waals surface area contributed by atoms with Crippen LogP contribution in [0.15, 0.2) is 42.2 Å². The van der Waals surface area contributed by atoms with Gasteiger partial charge in [-0.1, -0.05) is 6.07 Å². The molecule has 146 valence electrons. The second-order valence-electron chi connectivity index (χ2n) is 6.88. The van der Waals surface area contributed by atoms with Gasteiger partial charge in [0.1, 0.15) is 17.3 Å². The number of anilines is 3. The van der Waals surface area contributed by atoms with Gasteiger partial charge in [-0.25, -0.2) is 9.78 Å². The van der Waals surface area contributed by atoms with E-state index in [1.54, 1.807) is 16.8 Å². The van der Waals surface area contributed by atoms with Crippen LogP contribution in [0.3, 0.4) is 0 Å². The predicted octanol–water partition coefficient (Wildman–Crippen LogP) is 2.83. The fraction of sp³-hybridized carbons (Fsp3) is 0.158. The van der Waals surface area contributed by atoms with Crippen molar-refractivity contribution in [1.82, 2.24) is 25.2 Å². The number of fused-ring (bicyclic) bond motifs is 1. The van der Waals surface area contributed by atoms with Gasteiger partial charge < -0.3 is 16.0 Å². The number of carbonyl (C=O) groups excluding carboxylic acids is 2. The predicted molar refractivity (Wildman–Crippen MR) is 117 cm³/mol. The van der Waals surface area contributed by atoms with E-state index in [-0.39, 0.29) is 5.70 Å². The van der Waals surface area contributed by atoms with Gasteiger partial charge in [0.2, 0.25) is 0 Å². The molecule has 5 rings (SSSR count). The van der Waals surface area contributed by atoms with Gasteiger partial charge in [0.15, 0.2) is 5.65 Å². The molecule has 10 heteroatoms. The van der Waals surface area contributed by atoms with Crippen molar-refractivity contribution in [2.24, 2.45) is 0 Å². The minimum absolute atomic E-state index is 0.166. The Bertz CT molecular complexity index is 1180. The molecule has 4 N–H and O–H groups in total. The molecule has 1 saturated carbocycles. The Morgan fingerprint density at radius 2 is 2.07 bits per heavy atom. The largest absolute Gasteiger partial charge is 0.367 e. The molecule has 1 aliphatic carbocycles. The van der Waals surface area contributed by atoms with Gasteiger partial charge in [0.05, 0.1) is 6.20 Å². The highest BCUT2D eigenvalue weighted by Gasteiger charge is 2.25. The van der Waals surface area contributed by atoms with Crippen molar-refractivity contribution in [3.63, 3.8) is 0 Å². The number of halogens is 1. The number of hydrogen-bond donors (Lipinski definition) is 4. The van der Waals surface area contributed by atoms with Gasteiger partial charge in [-0.2, -0.15) is 9.61 Å². The van der Waals surface area contributed by atoms with Crippen molar-refractivity contribution >= 4 is 63.6 Å². The zero-order chi connectivity index (χ0) is 20.0. The number of urea groups is 1. The van der Waals surface area contributed by atoms with Gasteiger partial charge in [-0.05, 0) is 59.7 Å². The lowest BCUT2D eigenvalue weighted by atomic mass is 10.2. The number of nitrogens with zero attached hydrogens (tertiary/aromatic N) is 3. The first-order valence-corrected chi connectivity index (χ1v) is 10.1. The number of rotatable bonds is 5. The molecule has 1 aliphatic heterocycles. The summed E-state index contributed by atoms with van der Waals surface area (Å²) in [5.74, 6) is 0.997. The summed E-state index contributed by atoms with van der Waals surface area (Å²) in [7, 11) is 0. The highest BCUT2D eigenvalue weighted by Crippen LogP contribution is 2.28. The Morgan fingerprint density at radius 3 is 2.79 bits per heavy atom. The molecule has 0 radical (unpaired) electrons. The van der Waals surface area contributed by atoms with Crippen molar-refractivity contribution in [2.45, 2.75) is 18.9 Å². The van der Waals surface area contributed by atoms with Crippen LogP contribution in [0, 0.1) is 3.57 Å².